The van der Waals surface area contributed by atoms with E-state index in [0.29, 0.717) is 6.54 Å². The van der Waals surface area contributed by atoms with Gasteiger partial charge in [-0.05, 0) is 17.2 Å². The maximum absolute atomic E-state index is 10.9. The number of aromatic nitrogens is 2. The predicted molar refractivity (Wildman–Crippen MR) is 93.5 cm³/mol. The van der Waals surface area contributed by atoms with Crippen LogP contribution in [0, 0.1) is 0 Å². The van der Waals surface area contributed by atoms with Crippen molar-refractivity contribution in [2.45, 2.75) is 20.0 Å². The van der Waals surface area contributed by atoms with Crippen molar-refractivity contribution < 1.29 is 4.79 Å². The Balaban J connectivity index is 1.48. The first-order valence-electron chi connectivity index (χ1n) is 8.27. The second kappa shape index (κ2) is 7.88. The van der Waals surface area contributed by atoms with Gasteiger partial charge in [0.1, 0.15) is 0 Å². The van der Waals surface area contributed by atoms with Crippen molar-refractivity contribution in [2.75, 3.05) is 31.1 Å². The number of nitrogens with one attached hydrogen (secondary N) is 1. The Kier molecular flexibility index (Phi) is 5.38. The van der Waals surface area contributed by atoms with Crippen LogP contribution in [0.4, 0.5) is 5.95 Å². The highest BCUT2D eigenvalue weighted by Gasteiger charge is 2.18. The Morgan fingerprint density at radius 1 is 1.04 bits per heavy atom. The summed E-state index contributed by atoms with van der Waals surface area (Å²) >= 11 is 0. The fourth-order valence-corrected chi connectivity index (χ4v) is 2.81. The Morgan fingerprint density at radius 2 is 1.67 bits per heavy atom. The van der Waals surface area contributed by atoms with Crippen LogP contribution in [0.25, 0.3) is 0 Å². The molecule has 1 fully saturated rings. The van der Waals surface area contributed by atoms with E-state index in [1.807, 2.05) is 6.07 Å². The first kappa shape index (κ1) is 16.4. The Bertz CT molecular complexity index is 651. The number of carbonyl (C=O) groups excluding carboxylic acids is 1. The maximum Gasteiger partial charge on any atom is 0.225 e. The van der Waals surface area contributed by atoms with Gasteiger partial charge < -0.3 is 10.2 Å². The molecule has 6 heteroatoms. The van der Waals surface area contributed by atoms with Gasteiger partial charge in [0, 0.05) is 58.6 Å². The van der Waals surface area contributed by atoms with Crippen LogP contribution in [-0.4, -0.2) is 47.0 Å². The molecule has 2 heterocycles. The van der Waals surface area contributed by atoms with Crippen LogP contribution in [0.2, 0.25) is 0 Å². The molecular formula is C18H23N5O. The number of anilines is 1. The molecule has 3 rings (SSSR count). The van der Waals surface area contributed by atoms with E-state index in [4.69, 9.17) is 0 Å². The Hall–Kier alpha value is -2.47. The number of hydrogen-bond donors (Lipinski definition) is 1. The van der Waals surface area contributed by atoms with E-state index in [1.54, 1.807) is 12.4 Å². The molecule has 0 spiro atoms. The average molecular weight is 325 g/mol. The van der Waals surface area contributed by atoms with E-state index < -0.39 is 0 Å². The van der Waals surface area contributed by atoms with Crippen LogP contribution in [0.15, 0.2) is 42.7 Å². The van der Waals surface area contributed by atoms with Gasteiger partial charge >= 0.3 is 0 Å². The topological polar surface area (TPSA) is 61.4 Å². The Morgan fingerprint density at radius 3 is 2.29 bits per heavy atom. The van der Waals surface area contributed by atoms with Gasteiger partial charge in [-0.2, -0.15) is 0 Å². The number of piperazine rings is 1. The number of nitrogens with zero attached hydrogens (tertiary/aromatic N) is 4. The van der Waals surface area contributed by atoms with E-state index >= 15 is 0 Å². The minimum atomic E-state index is -0.000608. The van der Waals surface area contributed by atoms with Crippen LogP contribution in [0.3, 0.4) is 0 Å². The number of amides is 1. The second-order valence-electron chi connectivity index (χ2n) is 6.04. The number of hydrogen-bond acceptors (Lipinski definition) is 5. The van der Waals surface area contributed by atoms with Gasteiger partial charge in [-0.1, -0.05) is 24.3 Å². The molecular weight excluding hydrogens is 302 g/mol. The smallest absolute Gasteiger partial charge is 0.225 e. The lowest BCUT2D eigenvalue weighted by Gasteiger charge is -2.34. The molecule has 0 radical (unpaired) electrons. The summed E-state index contributed by atoms with van der Waals surface area (Å²) in [5.74, 6) is 0.818. The molecule has 1 aliphatic rings. The molecule has 126 valence electrons. The summed E-state index contributed by atoms with van der Waals surface area (Å²) < 4.78 is 0. The van der Waals surface area contributed by atoms with Crippen LogP contribution < -0.4 is 10.2 Å². The highest BCUT2D eigenvalue weighted by Crippen LogP contribution is 2.13. The molecule has 24 heavy (non-hydrogen) atoms. The number of carbonyl (C=O) groups is 1. The summed E-state index contributed by atoms with van der Waals surface area (Å²) in [5.41, 5.74) is 2.42. The van der Waals surface area contributed by atoms with Crippen molar-refractivity contribution in [3.8, 4) is 0 Å². The summed E-state index contributed by atoms with van der Waals surface area (Å²) in [4.78, 5) is 24.3. The third kappa shape index (κ3) is 4.52. The van der Waals surface area contributed by atoms with E-state index in [0.717, 1.165) is 44.2 Å². The zero-order chi connectivity index (χ0) is 16.8. The van der Waals surface area contributed by atoms with E-state index in [2.05, 4.69) is 49.4 Å². The van der Waals surface area contributed by atoms with Crippen LogP contribution >= 0.6 is 0 Å². The zero-order valence-corrected chi connectivity index (χ0v) is 14.0. The molecule has 0 bridgehead atoms. The lowest BCUT2D eigenvalue weighted by molar-refractivity contribution is -0.119. The van der Waals surface area contributed by atoms with Crippen molar-refractivity contribution in [1.29, 1.82) is 0 Å². The molecule has 1 N–H and O–H groups in total. The lowest BCUT2D eigenvalue weighted by Crippen LogP contribution is -2.46. The standard InChI is InChI=1S/C18H23N5O/c1-15(24)21-13-16-3-5-17(6-4-16)14-22-9-11-23(12-10-22)18-19-7-2-8-20-18/h2-8H,9-14H2,1H3,(H,21,24). The molecule has 0 aliphatic carbocycles. The van der Waals surface area contributed by atoms with Gasteiger partial charge in [0.2, 0.25) is 11.9 Å². The normalized spacial score (nSPS) is 15.3. The third-order valence-electron chi connectivity index (χ3n) is 4.18. The molecule has 1 aromatic carbocycles. The van der Waals surface area contributed by atoms with Crippen molar-refractivity contribution in [3.05, 3.63) is 53.9 Å². The fraction of sp³-hybridized carbons (Fsp3) is 0.389. The SMILES string of the molecule is CC(=O)NCc1ccc(CN2CCN(c3ncccn3)CC2)cc1. The van der Waals surface area contributed by atoms with Crippen LogP contribution in [0.1, 0.15) is 18.1 Å². The average Bonchev–Trinajstić information content (AvgIpc) is 2.62. The quantitative estimate of drug-likeness (QED) is 0.901. The monoisotopic (exact) mass is 325 g/mol. The fourth-order valence-electron chi connectivity index (χ4n) is 2.81. The highest BCUT2D eigenvalue weighted by atomic mass is 16.1. The molecule has 6 nitrogen and oxygen atoms in total. The van der Waals surface area contributed by atoms with Crippen molar-refractivity contribution in [1.82, 2.24) is 20.2 Å². The number of rotatable bonds is 5. The largest absolute Gasteiger partial charge is 0.352 e. The summed E-state index contributed by atoms with van der Waals surface area (Å²) in [6.45, 7) is 6.98. The number of benzene rings is 1. The van der Waals surface area contributed by atoms with Gasteiger partial charge in [0.05, 0.1) is 0 Å². The van der Waals surface area contributed by atoms with Crippen LogP contribution in [-0.2, 0) is 17.9 Å². The van der Waals surface area contributed by atoms with Gasteiger partial charge in [-0.25, -0.2) is 9.97 Å². The minimum Gasteiger partial charge on any atom is -0.352 e. The first-order valence-corrected chi connectivity index (χ1v) is 8.27. The summed E-state index contributed by atoms with van der Waals surface area (Å²) in [6, 6.07) is 10.3. The summed E-state index contributed by atoms with van der Waals surface area (Å²) in [7, 11) is 0. The Labute approximate surface area is 142 Å². The second-order valence-corrected chi connectivity index (χ2v) is 6.04. The molecule has 1 saturated heterocycles. The zero-order valence-electron chi connectivity index (χ0n) is 14.0. The predicted octanol–water partition coefficient (Wildman–Crippen LogP) is 1.43. The first-order chi connectivity index (χ1) is 11.7. The maximum atomic E-state index is 10.9. The van der Waals surface area contributed by atoms with Crippen molar-refractivity contribution >= 4 is 11.9 Å². The molecule has 2 aromatic rings. The molecule has 1 amide bonds. The molecule has 1 aliphatic heterocycles. The molecule has 0 saturated carbocycles. The summed E-state index contributed by atoms with van der Waals surface area (Å²) in [5, 5.41) is 2.82. The van der Waals surface area contributed by atoms with E-state index in [1.165, 1.54) is 12.5 Å². The van der Waals surface area contributed by atoms with E-state index in [9.17, 15) is 4.79 Å². The van der Waals surface area contributed by atoms with Gasteiger partial charge in [0.25, 0.3) is 0 Å². The minimum absolute atomic E-state index is 0.000608. The summed E-state index contributed by atoms with van der Waals surface area (Å²) in [6.07, 6.45) is 3.58. The molecule has 0 unspecified atom stereocenters. The molecule has 0 atom stereocenters. The van der Waals surface area contributed by atoms with E-state index in [-0.39, 0.29) is 5.91 Å². The van der Waals surface area contributed by atoms with Crippen molar-refractivity contribution in [2.24, 2.45) is 0 Å². The van der Waals surface area contributed by atoms with Gasteiger partial charge in [-0.3, -0.25) is 9.69 Å². The van der Waals surface area contributed by atoms with Crippen LogP contribution in [0.5, 0.6) is 0 Å². The lowest BCUT2D eigenvalue weighted by atomic mass is 10.1. The van der Waals surface area contributed by atoms with Gasteiger partial charge in [0.15, 0.2) is 0 Å². The van der Waals surface area contributed by atoms with Gasteiger partial charge in [-0.15, -0.1) is 0 Å². The third-order valence-corrected chi connectivity index (χ3v) is 4.18. The van der Waals surface area contributed by atoms with Crippen molar-refractivity contribution in [3.63, 3.8) is 0 Å². The highest BCUT2D eigenvalue weighted by molar-refractivity contribution is 5.72. The molecule has 1 aromatic heterocycles.